The zero-order valence-electron chi connectivity index (χ0n) is 25.6. The Morgan fingerprint density at radius 3 is 2.46 bits per heavy atom. The second kappa shape index (κ2) is 12.4. The Labute approximate surface area is 237 Å². The van der Waals surface area contributed by atoms with E-state index < -0.39 is 12.1 Å². The van der Waals surface area contributed by atoms with Crippen LogP contribution in [0.15, 0.2) is 23.8 Å². The Kier molecular flexibility index (Phi) is 9.59. The Morgan fingerprint density at radius 2 is 1.74 bits per heavy atom. The van der Waals surface area contributed by atoms with Gasteiger partial charge in [0.25, 0.3) is 0 Å². The van der Waals surface area contributed by atoms with Crippen molar-refractivity contribution in [2.24, 2.45) is 46.3 Å². The summed E-state index contributed by atoms with van der Waals surface area (Å²) in [7, 11) is 0. The molecule has 0 aliphatic heterocycles. The van der Waals surface area contributed by atoms with Gasteiger partial charge < -0.3 is 14.2 Å². The van der Waals surface area contributed by atoms with E-state index in [9.17, 15) is 9.59 Å². The zero-order chi connectivity index (χ0) is 28.4. The third kappa shape index (κ3) is 6.43. The van der Waals surface area contributed by atoms with Gasteiger partial charge >= 0.3 is 12.1 Å². The van der Waals surface area contributed by atoms with E-state index in [0.29, 0.717) is 11.0 Å². The SMILES string of the molecule is C=C(C)C(=O)OCCOC(=O)O[C@H]1CC[C@@]2(C)C(=CC[C@H]3[C@@H]4CC[C@H](C(C)CCCC(C)C)[C@@]4(C)CC[C@@H]32)C1. The number of fused-ring (bicyclic) bond motifs is 5. The second-order valence-electron chi connectivity index (χ2n) is 14.3. The van der Waals surface area contributed by atoms with Crippen LogP contribution in [-0.4, -0.2) is 31.4 Å². The Hall–Kier alpha value is -1.78. The maximum atomic E-state index is 12.3. The second-order valence-corrected chi connectivity index (χ2v) is 14.3. The number of rotatable bonds is 10. The van der Waals surface area contributed by atoms with Gasteiger partial charge in [0.15, 0.2) is 0 Å². The van der Waals surface area contributed by atoms with E-state index in [-0.39, 0.29) is 24.7 Å². The molecule has 1 unspecified atom stereocenters. The highest BCUT2D eigenvalue weighted by molar-refractivity contribution is 5.86. The molecular weight excluding hydrogens is 488 g/mol. The van der Waals surface area contributed by atoms with Crippen molar-refractivity contribution < 1.29 is 23.8 Å². The molecule has 0 aromatic rings. The van der Waals surface area contributed by atoms with E-state index in [0.717, 1.165) is 54.8 Å². The fraction of sp³-hybridized carbons (Fsp3) is 0.824. The molecule has 0 N–H and O–H groups in total. The van der Waals surface area contributed by atoms with Gasteiger partial charge in [-0.05, 0) is 98.2 Å². The first kappa shape index (κ1) is 30.2. The lowest BCUT2D eigenvalue weighted by molar-refractivity contribution is -0.140. The van der Waals surface area contributed by atoms with E-state index in [1.165, 1.54) is 56.9 Å². The molecule has 220 valence electrons. The van der Waals surface area contributed by atoms with E-state index in [1.54, 1.807) is 6.92 Å². The third-order valence-electron chi connectivity index (χ3n) is 11.4. The first-order valence-corrected chi connectivity index (χ1v) is 15.8. The summed E-state index contributed by atoms with van der Waals surface area (Å²) in [5, 5.41) is 0. The minimum absolute atomic E-state index is 0.00771. The molecular formula is C34H54O5. The van der Waals surface area contributed by atoms with Gasteiger partial charge in [-0.3, -0.25) is 0 Å². The summed E-state index contributed by atoms with van der Waals surface area (Å²) in [4.78, 5) is 23.7. The molecule has 0 bridgehead atoms. The molecule has 8 atom stereocenters. The van der Waals surface area contributed by atoms with Crippen LogP contribution in [0.25, 0.3) is 0 Å². The summed E-state index contributed by atoms with van der Waals surface area (Å²) in [5.74, 6) is 4.46. The highest BCUT2D eigenvalue weighted by Gasteiger charge is 2.59. The van der Waals surface area contributed by atoms with Crippen LogP contribution >= 0.6 is 0 Å². The van der Waals surface area contributed by atoms with Crippen LogP contribution in [-0.2, 0) is 19.0 Å². The van der Waals surface area contributed by atoms with Crippen molar-refractivity contribution in [1.29, 1.82) is 0 Å². The fourth-order valence-corrected chi connectivity index (χ4v) is 9.31. The summed E-state index contributed by atoms with van der Waals surface area (Å²) in [6.07, 6.45) is 15.4. The van der Waals surface area contributed by atoms with Crippen molar-refractivity contribution in [3.8, 4) is 0 Å². The Morgan fingerprint density at radius 1 is 1.00 bits per heavy atom. The molecule has 0 aromatic heterocycles. The molecule has 0 heterocycles. The molecule has 5 nitrogen and oxygen atoms in total. The van der Waals surface area contributed by atoms with Crippen LogP contribution in [0.2, 0.25) is 0 Å². The van der Waals surface area contributed by atoms with Crippen molar-refractivity contribution in [3.63, 3.8) is 0 Å². The normalized spacial score (nSPS) is 36.2. The molecule has 39 heavy (non-hydrogen) atoms. The molecule has 5 heteroatoms. The molecule has 4 rings (SSSR count). The molecule has 0 saturated heterocycles. The quantitative estimate of drug-likeness (QED) is 0.120. The maximum absolute atomic E-state index is 12.3. The van der Waals surface area contributed by atoms with Crippen molar-refractivity contribution in [1.82, 2.24) is 0 Å². The highest BCUT2D eigenvalue weighted by atomic mass is 16.7. The molecule has 0 aromatic carbocycles. The largest absolute Gasteiger partial charge is 0.508 e. The first-order valence-electron chi connectivity index (χ1n) is 15.8. The molecule has 0 amide bonds. The van der Waals surface area contributed by atoms with Crippen molar-refractivity contribution in [2.45, 2.75) is 118 Å². The predicted molar refractivity (Wildman–Crippen MR) is 155 cm³/mol. The number of carbonyl (C=O) groups is 2. The number of esters is 1. The van der Waals surface area contributed by atoms with E-state index in [1.807, 2.05) is 0 Å². The minimum Gasteiger partial charge on any atom is -0.459 e. The van der Waals surface area contributed by atoms with Gasteiger partial charge in [0.2, 0.25) is 0 Å². The Bertz CT molecular complexity index is 936. The summed E-state index contributed by atoms with van der Waals surface area (Å²) in [6, 6.07) is 0. The fourth-order valence-electron chi connectivity index (χ4n) is 9.31. The lowest BCUT2D eigenvalue weighted by Gasteiger charge is -2.58. The zero-order valence-corrected chi connectivity index (χ0v) is 25.6. The van der Waals surface area contributed by atoms with Gasteiger partial charge in [0, 0.05) is 12.0 Å². The van der Waals surface area contributed by atoms with E-state index in [2.05, 4.69) is 47.3 Å². The van der Waals surface area contributed by atoms with Crippen LogP contribution in [0.1, 0.15) is 112 Å². The molecule has 0 radical (unpaired) electrons. The van der Waals surface area contributed by atoms with Crippen LogP contribution in [0.3, 0.4) is 0 Å². The van der Waals surface area contributed by atoms with Gasteiger partial charge in [0.05, 0.1) is 0 Å². The molecule has 4 aliphatic carbocycles. The van der Waals surface area contributed by atoms with Gasteiger partial charge in [0.1, 0.15) is 19.3 Å². The van der Waals surface area contributed by atoms with E-state index in [4.69, 9.17) is 14.2 Å². The minimum atomic E-state index is -0.669. The maximum Gasteiger partial charge on any atom is 0.508 e. The number of hydrogen-bond acceptors (Lipinski definition) is 5. The van der Waals surface area contributed by atoms with Crippen LogP contribution in [0.5, 0.6) is 0 Å². The van der Waals surface area contributed by atoms with Gasteiger partial charge in [-0.2, -0.15) is 0 Å². The van der Waals surface area contributed by atoms with Crippen LogP contribution in [0, 0.1) is 46.3 Å². The van der Waals surface area contributed by atoms with Crippen LogP contribution < -0.4 is 0 Å². The van der Waals surface area contributed by atoms with Crippen molar-refractivity contribution in [2.75, 3.05) is 13.2 Å². The number of ether oxygens (including phenoxy) is 3. The lowest BCUT2D eigenvalue weighted by Crippen LogP contribution is -2.51. The van der Waals surface area contributed by atoms with Gasteiger partial charge in [-0.25, -0.2) is 9.59 Å². The topological polar surface area (TPSA) is 61.8 Å². The van der Waals surface area contributed by atoms with Crippen molar-refractivity contribution in [3.05, 3.63) is 23.8 Å². The summed E-state index contributed by atoms with van der Waals surface area (Å²) < 4.78 is 15.8. The highest BCUT2D eigenvalue weighted by Crippen LogP contribution is 2.67. The summed E-state index contributed by atoms with van der Waals surface area (Å²) in [5.41, 5.74) is 2.56. The number of carbonyl (C=O) groups excluding carboxylic acids is 2. The molecule has 0 spiro atoms. The standard InChI is InChI=1S/C34H54O5/c1-22(2)9-8-10-24(5)28-13-14-29-27-12-11-25-21-26(39-32(36)38-20-19-37-31(35)23(3)4)15-17-33(25,6)30(27)16-18-34(28,29)7/h11,22,24,26-30H,3,8-10,12-21H2,1-2,4-7H3/t24?,26-,27-,28+,29-,30-,33-,34+/m0/s1. The molecule has 3 saturated carbocycles. The average molecular weight is 543 g/mol. The number of hydrogen-bond donors (Lipinski definition) is 0. The molecule has 3 fully saturated rings. The monoisotopic (exact) mass is 542 g/mol. The summed E-state index contributed by atoms with van der Waals surface area (Å²) >= 11 is 0. The predicted octanol–water partition coefficient (Wildman–Crippen LogP) is 8.67. The average Bonchev–Trinajstić information content (AvgIpc) is 3.23. The summed E-state index contributed by atoms with van der Waals surface area (Å²) in [6.45, 7) is 17.5. The molecule has 4 aliphatic rings. The van der Waals surface area contributed by atoms with Gasteiger partial charge in [-0.15, -0.1) is 0 Å². The third-order valence-corrected chi connectivity index (χ3v) is 11.4. The Balaban J connectivity index is 1.32. The van der Waals surface area contributed by atoms with Crippen molar-refractivity contribution >= 4 is 12.1 Å². The number of allylic oxidation sites excluding steroid dienone is 1. The van der Waals surface area contributed by atoms with Gasteiger partial charge in [-0.1, -0.05) is 72.1 Å². The van der Waals surface area contributed by atoms with Crippen LogP contribution in [0.4, 0.5) is 4.79 Å². The lowest BCUT2D eigenvalue weighted by atomic mass is 9.47. The smallest absolute Gasteiger partial charge is 0.459 e. The van der Waals surface area contributed by atoms with E-state index >= 15 is 0 Å². The first-order chi connectivity index (χ1) is 18.5.